The van der Waals surface area contributed by atoms with Gasteiger partial charge in [-0.1, -0.05) is 24.3 Å². The maximum absolute atomic E-state index is 12.3. The number of benzene rings is 2. The zero-order valence-electron chi connectivity index (χ0n) is 11.4. The van der Waals surface area contributed by atoms with Crippen molar-refractivity contribution in [3.63, 3.8) is 0 Å². The van der Waals surface area contributed by atoms with Crippen molar-refractivity contribution in [2.24, 2.45) is 0 Å². The summed E-state index contributed by atoms with van der Waals surface area (Å²) < 4.78 is 28.9. The van der Waals surface area contributed by atoms with Crippen LogP contribution in [-0.2, 0) is 6.54 Å². The number of nitriles is 1. The predicted octanol–water partition coefficient (Wildman–Crippen LogP) is 3.09. The lowest BCUT2D eigenvalue weighted by molar-refractivity contribution is -0.0501. The highest BCUT2D eigenvalue weighted by atomic mass is 19.3. The van der Waals surface area contributed by atoms with Crippen molar-refractivity contribution in [1.82, 2.24) is 5.32 Å². The van der Waals surface area contributed by atoms with Crippen LogP contribution in [0.5, 0.6) is 5.75 Å². The fraction of sp³-hybridized carbons (Fsp3) is 0.125. The van der Waals surface area contributed by atoms with Crippen molar-refractivity contribution in [2.45, 2.75) is 13.2 Å². The van der Waals surface area contributed by atoms with Crippen molar-refractivity contribution in [1.29, 1.82) is 5.26 Å². The van der Waals surface area contributed by atoms with Crippen LogP contribution in [0.15, 0.2) is 48.5 Å². The second kappa shape index (κ2) is 7.18. The Morgan fingerprint density at radius 2 is 2.00 bits per heavy atom. The highest BCUT2D eigenvalue weighted by molar-refractivity contribution is 5.96. The summed E-state index contributed by atoms with van der Waals surface area (Å²) in [6.07, 6.45) is 0. The van der Waals surface area contributed by atoms with Gasteiger partial charge < -0.3 is 10.1 Å². The van der Waals surface area contributed by atoms with E-state index in [1.54, 1.807) is 30.3 Å². The number of alkyl halides is 2. The minimum atomic E-state index is -3.00. The molecule has 0 heterocycles. The number of hydrogen-bond acceptors (Lipinski definition) is 3. The number of rotatable bonds is 5. The Bertz CT molecular complexity index is 711. The van der Waals surface area contributed by atoms with Crippen LogP contribution in [0.4, 0.5) is 8.78 Å². The fourth-order valence-corrected chi connectivity index (χ4v) is 1.88. The van der Waals surface area contributed by atoms with Crippen LogP contribution in [-0.4, -0.2) is 12.5 Å². The van der Waals surface area contributed by atoms with Gasteiger partial charge in [-0.2, -0.15) is 14.0 Å². The van der Waals surface area contributed by atoms with E-state index in [0.717, 1.165) is 5.56 Å². The van der Waals surface area contributed by atoms with Crippen LogP contribution in [0.1, 0.15) is 21.5 Å². The summed E-state index contributed by atoms with van der Waals surface area (Å²) in [5, 5.41) is 11.4. The minimum absolute atomic E-state index is 0.0271. The number of amides is 1. The SMILES string of the molecule is N#Cc1cccc(CNC(=O)c2ccccc2OC(F)F)c1. The van der Waals surface area contributed by atoms with Gasteiger partial charge in [0.25, 0.3) is 5.91 Å². The third-order valence-corrected chi connectivity index (χ3v) is 2.86. The monoisotopic (exact) mass is 302 g/mol. The molecule has 2 aromatic carbocycles. The van der Waals surface area contributed by atoms with Crippen LogP contribution in [0.2, 0.25) is 0 Å². The number of nitrogens with one attached hydrogen (secondary N) is 1. The van der Waals surface area contributed by atoms with Gasteiger partial charge in [-0.15, -0.1) is 0 Å². The topological polar surface area (TPSA) is 62.1 Å². The summed E-state index contributed by atoms with van der Waals surface area (Å²) in [7, 11) is 0. The number of carbonyl (C=O) groups excluding carboxylic acids is 1. The largest absolute Gasteiger partial charge is 0.434 e. The van der Waals surface area contributed by atoms with Gasteiger partial charge in [0, 0.05) is 6.54 Å². The third kappa shape index (κ3) is 4.03. The zero-order chi connectivity index (χ0) is 15.9. The highest BCUT2D eigenvalue weighted by Crippen LogP contribution is 2.20. The van der Waals surface area contributed by atoms with Crippen LogP contribution in [0.25, 0.3) is 0 Å². The molecule has 0 saturated heterocycles. The Kier molecular flexibility index (Phi) is 5.04. The van der Waals surface area contributed by atoms with Gasteiger partial charge in [0.05, 0.1) is 17.2 Å². The van der Waals surface area contributed by atoms with E-state index in [0.29, 0.717) is 5.56 Å². The first-order chi connectivity index (χ1) is 10.6. The normalized spacial score (nSPS) is 10.1. The van der Waals surface area contributed by atoms with E-state index in [2.05, 4.69) is 10.1 Å². The Hall–Kier alpha value is -2.94. The van der Waals surface area contributed by atoms with Crippen molar-refractivity contribution in [3.05, 3.63) is 65.2 Å². The number of carbonyl (C=O) groups is 1. The molecule has 22 heavy (non-hydrogen) atoms. The van der Waals surface area contributed by atoms with E-state index >= 15 is 0 Å². The average molecular weight is 302 g/mol. The highest BCUT2D eigenvalue weighted by Gasteiger charge is 2.14. The molecular weight excluding hydrogens is 290 g/mol. The molecule has 1 N–H and O–H groups in total. The Morgan fingerprint density at radius 1 is 1.23 bits per heavy atom. The molecule has 0 unspecified atom stereocenters. The molecule has 0 fully saturated rings. The molecule has 2 rings (SSSR count). The molecule has 112 valence electrons. The molecule has 0 aliphatic heterocycles. The van der Waals surface area contributed by atoms with E-state index in [9.17, 15) is 13.6 Å². The molecule has 4 nitrogen and oxygen atoms in total. The lowest BCUT2D eigenvalue weighted by atomic mass is 10.1. The Balaban J connectivity index is 2.08. The van der Waals surface area contributed by atoms with Gasteiger partial charge >= 0.3 is 6.61 Å². The quantitative estimate of drug-likeness (QED) is 0.923. The first-order valence-corrected chi connectivity index (χ1v) is 6.41. The molecule has 0 radical (unpaired) electrons. The maximum atomic E-state index is 12.3. The van der Waals surface area contributed by atoms with E-state index in [1.807, 2.05) is 6.07 Å². The molecular formula is C16H12F2N2O2. The van der Waals surface area contributed by atoms with Gasteiger partial charge in [0.15, 0.2) is 0 Å². The zero-order valence-corrected chi connectivity index (χ0v) is 11.4. The summed E-state index contributed by atoms with van der Waals surface area (Å²) in [4.78, 5) is 12.1. The molecule has 0 saturated carbocycles. The standard InChI is InChI=1S/C16H12F2N2O2/c17-16(18)22-14-7-2-1-6-13(14)15(21)20-10-12-5-3-4-11(8-12)9-19/h1-8,16H,10H2,(H,20,21). The number of para-hydroxylation sites is 1. The summed E-state index contributed by atoms with van der Waals surface area (Å²) in [5.74, 6) is -0.709. The van der Waals surface area contributed by atoms with Gasteiger partial charge in [0.1, 0.15) is 5.75 Å². The van der Waals surface area contributed by atoms with E-state index < -0.39 is 12.5 Å². The van der Waals surface area contributed by atoms with E-state index in [1.165, 1.54) is 18.2 Å². The molecule has 0 bridgehead atoms. The summed E-state index contributed by atoms with van der Waals surface area (Å²) in [5.41, 5.74) is 1.24. The van der Waals surface area contributed by atoms with Crippen molar-refractivity contribution >= 4 is 5.91 Å². The number of nitrogens with zero attached hydrogens (tertiary/aromatic N) is 1. The van der Waals surface area contributed by atoms with E-state index in [-0.39, 0.29) is 17.9 Å². The van der Waals surface area contributed by atoms with Crippen LogP contribution < -0.4 is 10.1 Å². The van der Waals surface area contributed by atoms with Crippen LogP contribution >= 0.6 is 0 Å². The molecule has 1 amide bonds. The lowest BCUT2D eigenvalue weighted by Crippen LogP contribution is -2.23. The fourth-order valence-electron chi connectivity index (χ4n) is 1.88. The van der Waals surface area contributed by atoms with Crippen LogP contribution in [0.3, 0.4) is 0 Å². The second-order valence-electron chi connectivity index (χ2n) is 4.37. The van der Waals surface area contributed by atoms with Crippen molar-refractivity contribution < 1.29 is 18.3 Å². The minimum Gasteiger partial charge on any atom is -0.434 e. The first-order valence-electron chi connectivity index (χ1n) is 6.41. The number of hydrogen-bond donors (Lipinski definition) is 1. The molecule has 0 atom stereocenters. The van der Waals surface area contributed by atoms with Gasteiger partial charge in [-0.05, 0) is 29.8 Å². The number of halogens is 2. The van der Waals surface area contributed by atoms with Crippen molar-refractivity contribution in [2.75, 3.05) is 0 Å². The van der Waals surface area contributed by atoms with E-state index in [4.69, 9.17) is 5.26 Å². The first kappa shape index (κ1) is 15.4. The smallest absolute Gasteiger partial charge is 0.387 e. The van der Waals surface area contributed by atoms with Gasteiger partial charge in [-0.25, -0.2) is 0 Å². The summed E-state index contributed by atoms with van der Waals surface area (Å²) >= 11 is 0. The van der Waals surface area contributed by atoms with Gasteiger partial charge in [-0.3, -0.25) is 4.79 Å². The second-order valence-corrected chi connectivity index (χ2v) is 4.37. The third-order valence-electron chi connectivity index (χ3n) is 2.86. The molecule has 0 aliphatic rings. The Morgan fingerprint density at radius 3 is 2.73 bits per heavy atom. The molecule has 6 heteroatoms. The number of ether oxygens (including phenoxy) is 1. The van der Waals surface area contributed by atoms with Crippen LogP contribution in [0, 0.1) is 11.3 Å². The molecule has 2 aromatic rings. The lowest BCUT2D eigenvalue weighted by Gasteiger charge is -2.11. The molecule has 0 aliphatic carbocycles. The average Bonchev–Trinajstić information content (AvgIpc) is 2.53. The summed E-state index contributed by atoms with van der Waals surface area (Å²) in [6.45, 7) is -2.82. The van der Waals surface area contributed by atoms with Gasteiger partial charge in [0.2, 0.25) is 0 Å². The summed E-state index contributed by atoms with van der Waals surface area (Å²) in [6, 6.07) is 14.5. The maximum Gasteiger partial charge on any atom is 0.387 e. The molecule has 0 spiro atoms. The van der Waals surface area contributed by atoms with Crippen molar-refractivity contribution in [3.8, 4) is 11.8 Å². The molecule has 0 aromatic heterocycles. The predicted molar refractivity (Wildman–Crippen MR) is 75.4 cm³/mol. The Labute approximate surface area is 125 Å².